The van der Waals surface area contributed by atoms with E-state index in [-0.39, 0.29) is 11.7 Å². The van der Waals surface area contributed by atoms with Gasteiger partial charge in [-0.25, -0.2) is 0 Å². The van der Waals surface area contributed by atoms with Crippen molar-refractivity contribution in [1.29, 1.82) is 0 Å². The van der Waals surface area contributed by atoms with Crippen molar-refractivity contribution >= 4 is 11.6 Å². The standard InChI is InChI=1S/C15H21NO2/c1-2-16(13-8-5-9-14(17)11-13)15(18)10-12-6-3-4-7-12/h5,8-9,11-12,17H,2-4,6-7,10H2,1H3. The molecule has 0 heterocycles. The van der Waals surface area contributed by atoms with Crippen LogP contribution in [0.3, 0.4) is 0 Å². The Morgan fingerprint density at radius 3 is 2.72 bits per heavy atom. The van der Waals surface area contributed by atoms with E-state index >= 15 is 0 Å². The quantitative estimate of drug-likeness (QED) is 0.886. The zero-order valence-corrected chi connectivity index (χ0v) is 10.9. The Bertz CT molecular complexity index is 411. The number of aromatic hydroxyl groups is 1. The Kier molecular flexibility index (Phi) is 4.24. The van der Waals surface area contributed by atoms with Crippen LogP contribution in [0.2, 0.25) is 0 Å². The van der Waals surface area contributed by atoms with Crippen LogP contribution in [0.1, 0.15) is 39.0 Å². The second-order valence-corrected chi connectivity index (χ2v) is 5.01. The molecule has 0 unspecified atom stereocenters. The summed E-state index contributed by atoms with van der Waals surface area (Å²) in [5.74, 6) is 0.943. The van der Waals surface area contributed by atoms with E-state index in [0.717, 1.165) is 5.69 Å². The van der Waals surface area contributed by atoms with Crippen LogP contribution in [0, 0.1) is 5.92 Å². The van der Waals surface area contributed by atoms with E-state index in [0.29, 0.717) is 18.9 Å². The minimum Gasteiger partial charge on any atom is -0.508 e. The van der Waals surface area contributed by atoms with Gasteiger partial charge in [0.25, 0.3) is 0 Å². The number of carbonyl (C=O) groups is 1. The number of phenolic OH excluding ortho intramolecular Hbond substituents is 1. The zero-order valence-electron chi connectivity index (χ0n) is 10.9. The molecule has 1 amide bonds. The second kappa shape index (κ2) is 5.89. The van der Waals surface area contributed by atoms with Gasteiger partial charge in [0.15, 0.2) is 0 Å². The summed E-state index contributed by atoms with van der Waals surface area (Å²) in [7, 11) is 0. The maximum absolute atomic E-state index is 12.3. The van der Waals surface area contributed by atoms with Gasteiger partial charge in [-0.05, 0) is 37.8 Å². The van der Waals surface area contributed by atoms with Crippen LogP contribution in [0.5, 0.6) is 5.75 Å². The molecule has 1 aliphatic rings. The van der Waals surface area contributed by atoms with E-state index in [1.165, 1.54) is 25.7 Å². The van der Waals surface area contributed by atoms with Crippen LogP contribution in [-0.2, 0) is 4.79 Å². The lowest BCUT2D eigenvalue weighted by atomic mass is 10.0. The minimum atomic E-state index is 0.176. The van der Waals surface area contributed by atoms with Gasteiger partial charge in [0.2, 0.25) is 5.91 Å². The van der Waals surface area contributed by atoms with Crippen LogP contribution in [0.25, 0.3) is 0 Å². The fourth-order valence-electron chi connectivity index (χ4n) is 2.74. The van der Waals surface area contributed by atoms with Gasteiger partial charge in [-0.3, -0.25) is 4.79 Å². The SMILES string of the molecule is CCN(C(=O)CC1CCCC1)c1cccc(O)c1. The van der Waals surface area contributed by atoms with E-state index in [9.17, 15) is 9.90 Å². The molecule has 0 saturated heterocycles. The van der Waals surface area contributed by atoms with Gasteiger partial charge in [0.05, 0.1) is 0 Å². The van der Waals surface area contributed by atoms with E-state index in [1.807, 2.05) is 13.0 Å². The molecule has 98 valence electrons. The lowest BCUT2D eigenvalue weighted by Crippen LogP contribution is -2.31. The number of anilines is 1. The highest BCUT2D eigenvalue weighted by molar-refractivity contribution is 5.93. The first-order chi connectivity index (χ1) is 8.70. The summed E-state index contributed by atoms with van der Waals surface area (Å²) in [6, 6.07) is 6.92. The van der Waals surface area contributed by atoms with Crippen molar-refractivity contribution in [2.75, 3.05) is 11.4 Å². The van der Waals surface area contributed by atoms with Gasteiger partial charge in [0, 0.05) is 24.7 Å². The maximum Gasteiger partial charge on any atom is 0.227 e. The number of rotatable bonds is 4. The summed E-state index contributed by atoms with van der Waals surface area (Å²) in [5, 5.41) is 9.49. The van der Waals surface area contributed by atoms with Crippen LogP contribution in [0.4, 0.5) is 5.69 Å². The average Bonchev–Trinajstić information content (AvgIpc) is 2.83. The average molecular weight is 247 g/mol. The van der Waals surface area contributed by atoms with E-state index in [2.05, 4.69) is 0 Å². The molecule has 3 heteroatoms. The molecule has 1 aromatic rings. The molecule has 1 aliphatic carbocycles. The molecule has 0 bridgehead atoms. The molecule has 0 aliphatic heterocycles. The van der Waals surface area contributed by atoms with Gasteiger partial charge in [-0.2, -0.15) is 0 Å². The number of phenols is 1. The van der Waals surface area contributed by atoms with Gasteiger partial charge in [-0.15, -0.1) is 0 Å². The molecular formula is C15H21NO2. The van der Waals surface area contributed by atoms with Gasteiger partial charge in [0.1, 0.15) is 5.75 Å². The summed E-state index contributed by atoms with van der Waals surface area (Å²) in [5.41, 5.74) is 0.792. The Labute approximate surface area is 108 Å². The van der Waals surface area contributed by atoms with Gasteiger partial charge >= 0.3 is 0 Å². The summed E-state index contributed by atoms with van der Waals surface area (Å²) >= 11 is 0. The largest absolute Gasteiger partial charge is 0.508 e. The monoisotopic (exact) mass is 247 g/mol. The number of amides is 1. The fourth-order valence-corrected chi connectivity index (χ4v) is 2.74. The molecule has 1 fully saturated rings. The van der Waals surface area contributed by atoms with Crippen molar-refractivity contribution in [3.63, 3.8) is 0 Å². The summed E-state index contributed by atoms with van der Waals surface area (Å²) in [6.45, 7) is 2.62. The third kappa shape index (κ3) is 3.03. The van der Waals surface area contributed by atoms with Crippen LogP contribution >= 0.6 is 0 Å². The third-order valence-corrected chi connectivity index (χ3v) is 3.70. The van der Waals surface area contributed by atoms with Gasteiger partial charge < -0.3 is 10.0 Å². The van der Waals surface area contributed by atoms with Crippen molar-refractivity contribution in [1.82, 2.24) is 0 Å². The number of hydrogen-bond acceptors (Lipinski definition) is 2. The molecule has 18 heavy (non-hydrogen) atoms. The molecule has 3 nitrogen and oxygen atoms in total. The smallest absolute Gasteiger partial charge is 0.227 e. The fraction of sp³-hybridized carbons (Fsp3) is 0.533. The lowest BCUT2D eigenvalue weighted by Gasteiger charge is -2.22. The predicted molar refractivity (Wildman–Crippen MR) is 72.7 cm³/mol. The molecular weight excluding hydrogens is 226 g/mol. The number of nitrogens with zero attached hydrogens (tertiary/aromatic N) is 1. The Morgan fingerprint density at radius 2 is 2.11 bits per heavy atom. The molecule has 1 N–H and O–H groups in total. The van der Waals surface area contributed by atoms with Crippen LogP contribution < -0.4 is 4.90 Å². The molecule has 2 rings (SSSR count). The van der Waals surface area contributed by atoms with Crippen molar-refractivity contribution < 1.29 is 9.90 Å². The normalized spacial score (nSPS) is 15.8. The highest BCUT2D eigenvalue weighted by Crippen LogP contribution is 2.29. The first kappa shape index (κ1) is 12.9. The lowest BCUT2D eigenvalue weighted by molar-refractivity contribution is -0.119. The first-order valence-electron chi connectivity index (χ1n) is 6.80. The Balaban J connectivity index is 2.05. The predicted octanol–water partition coefficient (Wildman–Crippen LogP) is 3.33. The van der Waals surface area contributed by atoms with Crippen molar-refractivity contribution in [3.8, 4) is 5.75 Å². The molecule has 1 saturated carbocycles. The Hall–Kier alpha value is -1.51. The zero-order chi connectivity index (χ0) is 13.0. The number of hydrogen-bond donors (Lipinski definition) is 1. The van der Waals surface area contributed by atoms with Crippen LogP contribution in [0.15, 0.2) is 24.3 Å². The molecule has 0 aromatic heterocycles. The van der Waals surface area contributed by atoms with Crippen LogP contribution in [-0.4, -0.2) is 17.6 Å². The number of carbonyl (C=O) groups excluding carboxylic acids is 1. The van der Waals surface area contributed by atoms with E-state index in [1.54, 1.807) is 23.1 Å². The summed E-state index contributed by atoms with van der Waals surface area (Å²) in [4.78, 5) is 14.0. The highest BCUT2D eigenvalue weighted by Gasteiger charge is 2.22. The van der Waals surface area contributed by atoms with Crippen molar-refractivity contribution in [2.45, 2.75) is 39.0 Å². The Morgan fingerprint density at radius 1 is 1.39 bits per heavy atom. The molecule has 0 spiro atoms. The van der Waals surface area contributed by atoms with E-state index < -0.39 is 0 Å². The third-order valence-electron chi connectivity index (χ3n) is 3.70. The maximum atomic E-state index is 12.3. The molecule has 1 aromatic carbocycles. The molecule has 0 radical (unpaired) electrons. The van der Waals surface area contributed by atoms with E-state index in [4.69, 9.17) is 0 Å². The van der Waals surface area contributed by atoms with Crippen molar-refractivity contribution in [3.05, 3.63) is 24.3 Å². The molecule has 0 atom stereocenters. The summed E-state index contributed by atoms with van der Waals surface area (Å²) in [6.07, 6.45) is 5.53. The van der Waals surface area contributed by atoms with Gasteiger partial charge in [-0.1, -0.05) is 18.9 Å². The topological polar surface area (TPSA) is 40.5 Å². The second-order valence-electron chi connectivity index (χ2n) is 5.01. The minimum absolute atomic E-state index is 0.176. The number of benzene rings is 1. The summed E-state index contributed by atoms with van der Waals surface area (Å²) < 4.78 is 0. The first-order valence-corrected chi connectivity index (χ1v) is 6.80. The highest BCUT2D eigenvalue weighted by atomic mass is 16.3. The van der Waals surface area contributed by atoms with Crippen molar-refractivity contribution in [2.24, 2.45) is 5.92 Å².